The van der Waals surface area contributed by atoms with Crippen LogP contribution in [0, 0.1) is 0 Å². The van der Waals surface area contributed by atoms with Crippen molar-refractivity contribution in [2.24, 2.45) is 0 Å². The van der Waals surface area contributed by atoms with Crippen molar-refractivity contribution in [3.63, 3.8) is 0 Å². The molecule has 0 heterocycles. The van der Waals surface area contributed by atoms with Crippen molar-refractivity contribution in [2.75, 3.05) is 20.7 Å². The van der Waals surface area contributed by atoms with Crippen molar-refractivity contribution in [3.05, 3.63) is 24.3 Å². The molecule has 4 nitrogen and oxygen atoms in total. The van der Waals surface area contributed by atoms with Crippen LogP contribution in [0.1, 0.15) is 0 Å². The average molecular weight is 195 g/mol. The Morgan fingerprint density at radius 1 is 1.50 bits per heavy atom. The van der Waals surface area contributed by atoms with Crippen molar-refractivity contribution >= 4 is 5.91 Å². The molecule has 0 unspecified atom stereocenters. The van der Waals surface area contributed by atoms with E-state index in [4.69, 9.17) is 9.84 Å². The van der Waals surface area contributed by atoms with Crippen molar-refractivity contribution in [3.8, 4) is 11.5 Å². The highest BCUT2D eigenvalue weighted by Gasteiger charge is 2.04. The van der Waals surface area contributed by atoms with E-state index in [0.717, 1.165) is 0 Å². The zero-order valence-corrected chi connectivity index (χ0v) is 8.23. The molecule has 0 spiro atoms. The number of phenolic OH excluding ortho intramolecular Hbond substituents is 1. The molecule has 0 bridgehead atoms. The molecule has 0 atom stereocenters. The molecule has 0 radical (unpaired) electrons. The van der Waals surface area contributed by atoms with Crippen LogP contribution in [-0.2, 0) is 4.79 Å². The summed E-state index contributed by atoms with van der Waals surface area (Å²) in [6, 6.07) is 6.34. The second-order valence-electron chi connectivity index (χ2n) is 3.07. The number of carbonyl (C=O) groups excluding carboxylic acids is 1. The highest BCUT2D eigenvalue weighted by Crippen LogP contribution is 2.17. The molecule has 76 valence electrons. The van der Waals surface area contributed by atoms with Gasteiger partial charge in [-0.1, -0.05) is 6.07 Å². The summed E-state index contributed by atoms with van der Waals surface area (Å²) in [6.07, 6.45) is 0. The first-order chi connectivity index (χ1) is 6.59. The standard InChI is InChI=1S/C10H13NO3/c1-11(2)10(13)7-14-9-5-3-4-8(12)6-9/h3-6,12H,7H2,1-2H3. The van der Waals surface area contributed by atoms with Crippen LogP contribution in [0.2, 0.25) is 0 Å². The van der Waals surface area contributed by atoms with Gasteiger partial charge in [-0.15, -0.1) is 0 Å². The van der Waals surface area contributed by atoms with E-state index in [2.05, 4.69) is 0 Å². The van der Waals surface area contributed by atoms with Gasteiger partial charge in [0.2, 0.25) is 0 Å². The molecule has 1 aromatic rings. The SMILES string of the molecule is CN(C)C(=O)COc1cccc(O)c1. The lowest BCUT2D eigenvalue weighted by atomic mass is 10.3. The van der Waals surface area contributed by atoms with E-state index in [1.54, 1.807) is 32.3 Å². The number of benzene rings is 1. The molecule has 0 saturated heterocycles. The van der Waals surface area contributed by atoms with Gasteiger partial charge in [-0.2, -0.15) is 0 Å². The Balaban J connectivity index is 2.50. The van der Waals surface area contributed by atoms with E-state index in [9.17, 15) is 4.79 Å². The van der Waals surface area contributed by atoms with Gasteiger partial charge >= 0.3 is 0 Å². The summed E-state index contributed by atoms with van der Waals surface area (Å²) in [7, 11) is 3.32. The lowest BCUT2D eigenvalue weighted by molar-refractivity contribution is -0.130. The minimum Gasteiger partial charge on any atom is -0.508 e. The number of aromatic hydroxyl groups is 1. The van der Waals surface area contributed by atoms with Crippen molar-refractivity contribution in [1.29, 1.82) is 0 Å². The number of carbonyl (C=O) groups is 1. The van der Waals surface area contributed by atoms with Crippen LogP contribution >= 0.6 is 0 Å². The zero-order chi connectivity index (χ0) is 10.6. The summed E-state index contributed by atoms with van der Waals surface area (Å²) >= 11 is 0. The molecule has 0 fully saturated rings. The van der Waals surface area contributed by atoms with Gasteiger partial charge in [-0.3, -0.25) is 4.79 Å². The molecule has 0 saturated carbocycles. The monoisotopic (exact) mass is 195 g/mol. The predicted octanol–water partition coefficient (Wildman–Crippen LogP) is 0.859. The molecule has 0 aromatic heterocycles. The van der Waals surface area contributed by atoms with Crippen molar-refractivity contribution < 1.29 is 14.6 Å². The highest BCUT2D eigenvalue weighted by atomic mass is 16.5. The third kappa shape index (κ3) is 2.97. The minimum absolute atomic E-state index is 0.0174. The largest absolute Gasteiger partial charge is 0.508 e. The Labute approximate surface area is 82.7 Å². The van der Waals surface area contributed by atoms with Gasteiger partial charge in [0.1, 0.15) is 11.5 Å². The van der Waals surface area contributed by atoms with Crippen LogP contribution in [0.3, 0.4) is 0 Å². The second-order valence-corrected chi connectivity index (χ2v) is 3.07. The normalized spacial score (nSPS) is 9.57. The summed E-state index contributed by atoms with van der Waals surface area (Å²) in [4.78, 5) is 12.6. The minimum atomic E-state index is -0.117. The highest BCUT2D eigenvalue weighted by molar-refractivity contribution is 5.77. The maximum atomic E-state index is 11.1. The van der Waals surface area contributed by atoms with Gasteiger partial charge < -0.3 is 14.7 Å². The maximum absolute atomic E-state index is 11.1. The summed E-state index contributed by atoms with van der Waals surface area (Å²) in [5, 5.41) is 9.11. The fraction of sp³-hybridized carbons (Fsp3) is 0.300. The van der Waals surface area contributed by atoms with Crippen LogP contribution < -0.4 is 4.74 Å². The van der Waals surface area contributed by atoms with Crippen molar-refractivity contribution in [2.45, 2.75) is 0 Å². The topological polar surface area (TPSA) is 49.8 Å². The molecule has 0 aliphatic rings. The van der Waals surface area contributed by atoms with E-state index < -0.39 is 0 Å². The number of amides is 1. The Hall–Kier alpha value is -1.71. The third-order valence-corrected chi connectivity index (χ3v) is 1.68. The van der Waals surface area contributed by atoms with E-state index in [1.165, 1.54) is 11.0 Å². The summed E-state index contributed by atoms with van der Waals surface area (Å²) < 4.78 is 5.16. The van der Waals surface area contributed by atoms with Gasteiger partial charge in [0.05, 0.1) is 0 Å². The van der Waals surface area contributed by atoms with Gasteiger partial charge in [-0.05, 0) is 12.1 Å². The van der Waals surface area contributed by atoms with E-state index >= 15 is 0 Å². The van der Waals surface area contributed by atoms with Crippen molar-refractivity contribution in [1.82, 2.24) is 4.90 Å². The number of rotatable bonds is 3. The fourth-order valence-corrected chi connectivity index (χ4v) is 0.847. The first-order valence-electron chi connectivity index (χ1n) is 4.21. The molecular formula is C10H13NO3. The van der Waals surface area contributed by atoms with Crippen LogP contribution in [0.4, 0.5) is 0 Å². The number of phenols is 1. The van der Waals surface area contributed by atoms with Crippen LogP contribution in [0.25, 0.3) is 0 Å². The van der Waals surface area contributed by atoms with Gasteiger partial charge in [-0.25, -0.2) is 0 Å². The molecule has 0 aliphatic carbocycles. The zero-order valence-electron chi connectivity index (χ0n) is 8.23. The van der Waals surface area contributed by atoms with Crippen LogP contribution in [0.15, 0.2) is 24.3 Å². The maximum Gasteiger partial charge on any atom is 0.259 e. The summed E-state index contributed by atoms with van der Waals surface area (Å²) in [5.74, 6) is 0.494. The molecule has 14 heavy (non-hydrogen) atoms. The van der Waals surface area contributed by atoms with Gasteiger partial charge in [0.15, 0.2) is 6.61 Å². The Morgan fingerprint density at radius 3 is 2.79 bits per heavy atom. The van der Waals surface area contributed by atoms with Gasteiger partial charge in [0, 0.05) is 20.2 Å². The molecule has 1 N–H and O–H groups in total. The molecule has 1 amide bonds. The quantitative estimate of drug-likeness (QED) is 0.778. The Morgan fingerprint density at radius 2 is 2.21 bits per heavy atom. The number of ether oxygens (including phenoxy) is 1. The van der Waals surface area contributed by atoms with Crippen LogP contribution in [0.5, 0.6) is 11.5 Å². The lowest BCUT2D eigenvalue weighted by Crippen LogP contribution is -2.27. The molecular weight excluding hydrogens is 182 g/mol. The van der Waals surface area contributed by atoms with Crippen LogP contribution in [-0.4, -0.2) is 36.6 Å². The first-order valence-corrected chi connectivity index (χ1v) is 4.21. The summed E-state index contributed by atoms with van der Waals surface area (Å²) in [6.45, 7) is -0.0174. The Bertz CT molecular complexity index is 323. The number of hydrogen-bond donors (Lipinski definition) is 1. The third-order valence-electron chi connectivity index (χ3n) is 1.68. The van der Waals surface area contributed by atoms with Gasteiger partial charge in [0.25, 0.3) is 5.91 Å². The number of likely N-dealkylation sites (N-methyl/N-ethyl adjacent to an activating group) is 1. The van der Waals surface area contributed by atoms with E-state index in [-0.39, 0.29) is 18.3 Å². The van der Waals surface area contributed by atoms with E-state index in [0.29, 0.717) is 5.75 Å². The first kappa shape index (κ1) is 10.4. The smallest absolute Gasteiger partial charge is 0.259 e. The molecule has 1 aromatic carbocycles. The predicted molar refractivity (Wildman–Crippen MR) is 52.3 cm³/mol. The molecule has 0 aliphatic heterocycles. The second kappa shape index (κ2) is 4.50. The lowest BCUT2D eigenvalue weighted by Gasteiger charge is -2.11. The Kier molecular flexibility index (Phi) is 3.34. The summed E-state index contributed by atoms with van der Waals surface area (Å²) in [5.41, 5.74) is 0. The van der Waals surface area contributed by atoms with E-state index in [1.807, 2.05) is 0 Å². The number of nitrogens with zero attached hydrogens (tertiary/aromatic N) is 1. The average Bonchev–Trinajstić information content (AvgIpc) is 2.14. The number of hydrogen-bond acceptors (Lipinski definition) is 3. The fourth-order valence-electron chi connectivity index (χ4n) is 0.847. The molecule has 4 heteroatoms. The molecule has 1 rings (SSSR count).